The fraction of sp³-hybridized carbons (Fsp3) is 0.667. The van der Waals surface area contributed by atoms with E-state index < -0.39 is 0 Å². The number of hydrogen-bond acceptors (Lipinski definition) is 4. The molecule has 4 nitrogen and oxygen atoms in total. The molecule has 0 saturated carbocycles. The van der Waals surface area contributed by atoms with Crippen LogP contribution in [0.2, 0.25) is 0 Å². The van der Waals surface area contributed by atoms with E-state index in [2.05, 4.69) is 15.3 Å². The summed E-state index contributed by atoms with van der Waals surface area (Å²) in [6, 6.07) is 1.98. The number of nitrogens with two attached hydrogens (primary N) is 1. The summed E-state index contributed by atoms with van der Waals surface area (Å²) < 4.78 is 0. The van der Waals surface area contributed by atoms with Crippen molar-refractivity contribution in [2.45, 2.75) is 39.5 Å². The van der Waals surface area contributed by atoms with E-state index in [0.29, 0.717) is 0 Å². The van der Waals surface area contributed by atoms with Crippen LogP contribution in [0.1, 0.15) is 37.1 Å². The zero-order valence-electron chi connectivity index (χ0n) is 10.3. The molecule has 0 atom stereocenters. The number of anilines is 1. The maximum Gasteiger partial charge on any atom is 0.223 e. The molecule has 0 radical (unpaired) electrons. The minimum Gasteiger partial charge on any atom is -0.354 e. The quantitative estimate of drug-likeness (QED) is 0.693. The van der Waals surface area contributed by atoms with Gasteiger partial charge in [-0.1, -0.05) is 12.8 Å². The van der Waals surface area contributed by atoms with Crippen molar-refractivity contribution in [3.8, 4) is 0 Å². The number of nitrogens with zero attached hydrogens (tertiary/aromatic N) is 2. The first-order chi connectivity index (χ1) is 7.72. The van der Waals surface area contributed by atoms with Gasteiger partial charge in [-0.2, -0.15) is 0 Å². The molecule has 0 aliphatic carbocycles. The summed E-state index contributed by atoms with van der Waals surface area (Å²) >= 11 is 0. The highest BCUT2D eigenvalue weighted by molar-refractivity contribution is 5.27. The average molecular weight is 222 g/mol. The van der Waals surface area contributed by atoms with Crippen LogP contribution in [0.5, 0.6) is 0 Å². The van der Waals surface area contributed by atoms with E-state index in [9.17, 15) is 0 Å². The average Bonchev–Trinajstić information content (AvgIpc) is 2.22. The summed E-state index contributed by atoms with van der Waals surface area (Å²) in [5.74, 6) is 0.747. The Hall–Kier alpha value is -1.16. The van der Waals surface area contributed by atoms with E-state index in [1.807, 2.05) is 19.9 Å². The van der Waals surface area contributed by atoms with Gasteiger partial charge < -0.3 is 11.1 Å². The molecule has 0 bridgehead atoms. The second-order valence-corrected chi connectivity index (χ2v) is 4.10. The Bertz CT molecular complexity index is 292. The Morgan fingerprint density at radius 3 is 2.31 bits per heavy atom. The number of rotatable bonds is 7. The molecule has 0 fully saturated rings. The molecule has 1 aromatic heterocycles. The molecule has 1 rings (SSSR count). The van der Waals surface area contributed by atoms with Crippen LogP contribution in [0.25, 0.3) is 0 Å². The van der Waals surface area contributed by atoms with Gasteiger partial charge in [0.15, 0.2) is 0 Å². The molecule has 0 spiro atoms. The molecule has 0 aliphatic rings. The SMILES string of the molecule is Cc1cc(C)nc(NCCCCCCN)n1. The maximum absolute atomic E-state index is 5.43. The highest BCUT2D eigenvalue weighted by Crippen LogP contribution is 2.04. The Morgan fingerprint density at radius 2 is 1.69 bits per heavy atom. The normalized spacial score (nSPS) is 10.4. The van der Waals surface area contributed by atoms with Gasteiger partial charge in [0.25, 0.3) is 0 Å². The Morgan fingerprint density at radius 1 is 1.06 bits per heavy atom. The Kier molecular flexibility index (Phi) is 5.78. The number of aromatic nitrogens is 2. The van der Waals surface area contributed by atoms with Crippen molar-refractivity contribution in [3.63, 3.8) is 0 Å². The van der Waals surface area contributed by atoms with Gasteiger partial charge in [-0.05, 0) is 39.3 Å². The highest BCUT2D eigenvalue weighted by Gasteiger charge is 1.97. The van der Waals surface area contributed by atoms with Gasteiger partial charge in [0, 0.05) is 17.9 Å². The molecule has 16 heavy (non-hydrogen) atoms. The molecule has 1 heterocycles. The van der Waals surface area contributed by atoms with Crippen LogP contribution in [0.3, 0.4) is 0 Å². The van der Waals surface area contributed by atoms with Crippen LogP contribution in [0.15, 0.2) is 6.07 Å². The molecule has 0 amide bonds. The fourth-order valence-electron chi connectivity index (χ4n) is 1.63. The number of hydrogen-bond donors (Lipinski definition) is 2. The molecule has 0 unspecified atom stereocenters. The summed E-state index contributed by atoms with van der Waals surface area (Å²) in [5.41, 5.74) is 7.46. The van der Waals surface area contributed by atoms with E-state index in [-0.39, 0.29) is 0 Å². The van der Waals surface area contributed by atoms with E-state index >= 15 is 0 Å². The molecular formula is C12H22N4. The Labute approximate surface area is 97.7 Å². The van der Waals surface area contributed by atoms with Gasteiger partial charge in [-0.15, -0.1) is 0 Å². The topological polar surface area (TPSA) is 63.8 Å². The lowest BCUT2D eigenvalue weighted by atomic mass is 10.2. The Balaban J connectivity index is 2.21. The zero-order valence-corrected chi connectivity index (χ0v) is 10.3. The van der Waals surface area contributed by atoms with Crippen LogP contribution in [-0.4, -0.2) is 23.1 Å². The fourth-order valence-corrected chi connectivity index (χ4v) is 1.63. The van der Waals surface area contributed by atoms with Crippen LogP contribution in [0, 0.1) is 13.8 Å². The van der Waals surface area contributed by atoms with Crippen LogP contribution >= 0.6 is 0 Å². The van der Waals surface area contributed by atoms with Gasteiger partial charge in [-0.25, -0.2) is 9.97 Å². The molecule has 4 heteroatoms. The van der Waals surface area contributed by atoms with Gasteiger partial charge in [0.05, 0.1) is 0 Å². The molecule has 1 aromatic rings. The first-order valence-electron chi connectivity index (χ1n) is 5.98. The lowest BCUT2D eigenvalue weighted by molar-refractivity contribution is 0.660. The van der Waals surface area contributed by atoms with Crippen molar-refractivity contribution < 1.29 is 0 Å². The van der Waals surface area contributed by atoms with Crippen molar-refractivity contribution in [1.82, 2.24) is 9.97 Å². The lowest BCUT2D eigenvalue weighted by Gasteiger charge is -2.06. The lowest BCUT2D eigenvalue weighted by Crippen LogP contribution is -2.07. The summed E-state index contributed by atoms with van der Waals surface area (Å²) in [5, 5.41) is 3.25. The van der Waals surface area contributed by atoms with E-state index in [0.717, 1.165) is 43.3 Å². The van der Waals surface area contributed by atoms with Gasteiger partial charge in [0.1, 0.15) is 0 Å². The first-order valence-corrected chi connectivity index (χ1v) is 5.98. The number of nitrogens with one attached hydrogen (secondary N) is 1. The summed E-state index contributed by atoms with van der Waals surface area (Å²) in [6.07, 6.45) is 4.71. The smallest absolute Gasteiger partial charge is 0.223 e. The van der Waals surface area contributed by atoms with Crippen molar-refractivity contribution in [1.29, 1.82) is 0 Å². The molecule has 90 valence electrons. The molecule has 3 N–H and O–H groups in total. The molecule has 0 aromatic carbocycles. The van der Waals surface area contributed by atoms with Gasteiger partial charge >= 0.3 is 0 Å². The van der Waals surface area contributed by atoms with Crippen LogP contribution < -0.4 is 11.1 Å². The predicted octanol–water partition coefficient (Wildman–Crippen LogP) is 2.02. The number of unbranched alkanes of at least 4 members (excludes halogenated alkanes) is 3. The summed E-state index contributed by atoms with van der Waals surface area (Å²) in [6.45, 7) is 5.71. The van der Waals surface area contributed by atoms with E-state index in [1.54, 1.807) is 0 Å². The monoisotopic (exact) mass is 222 g/mol. The molecular weight excluding hydrogens is 200 g/mol. The predicted molar refractivity (Wildman–Crippen MR) is 67.5 cm³/mol. The molecule has 0 aliphatic heterocycles. The largest absolute Gasteiger partial charge is 0.354 e. The van der Waals surface area contributed by atoms with Crippen molar-refractivity contribution in [2.24, 2.45) is 5.73 Å². The van der Waals surface area contributed by atoms with Crippen LogP contribution in [0.4, 0.5) is 5.95 Å². The van der Waals surface area contributed by atoms with Gasteiger partial charge in [0.2, 0.25) is 5.95 Å². The van der Waals surface area contributed by atoms with Crippen LogP contribution in [-0.2, 0) is 0 Å². The van der Waals surface area contributed by atoms with E-state index in [4.69, 9.17) is 5.73 Å². The minimum atomic E-state index is 0.747. The standard InChI is InChI=1S/C12H22N4/c1-10-9-11(2)16-12(15-10)14-8-6-4-3-5-7-13/h9H,3-8,13H2,1-2H3,(H,14,15,16). The third-order valence-electron chi connectivity index (χ3n) is 2.40. The summed E-state index contributed by atoms with van der Waals surface area (Å²) in [7, 11) is 0. The van der Waals surface area contributed by atoms with Gasteiger partial charge in [-0.3, -0.25) is 0 Å². The van der Waals surface area contributed by atoms with E-state index in [1.165, 1.54) is 12.8 Å². The van der Waals surface area contributed by atoms with Crippen molar-refractivity contribution >= 4 is 5.95 Å². The zero-order chi connectivity index (χ0) is 11.8. The highest BCUT2D eigenvalue weighted by atomic mass is 15.1. The third-order valence-corrected chi connectivity index (χ3v) is 2.40. The first kappa shape index (κ1) is 12.9. The second-order valence-electron chi connectivity index (χ2n) is 4.10. The minimum absolute atomic E-state index is 0.747. The molecule has 0 saturated heterocycles. The summed E-state index contributed by atoms with van der Waals surface area (Å²) in [4.78, 5) is 8.65. The second kappa shape index (κ2) is 7.17. The van der Waals surface area contributed by atoms with Crippen molar-refractivity contribution in [2.75, 3.05) is 18.4 Å². The van der Waals surface area contributed by atoms with Crippen molar-refractivity contribution in [3.05, 3.63) is 17.5 Å². The third kappa shape index (κ3) is 5.07. The maximum atomic E-state index is 5.43. The number of aryl methyl sites for hydroxylation is 2.